The molecule has 2 heterocycles. The van der Waals surface area contributed by atoms with E-state index in [0.717, 1.165) is 23.2 Å². The summed E-state index contributed by atoms with van der Waals surface area (Å²) in [4.78, 5) is 35.0. The molecular weight excluding hydrogens is 510 g/mol. The average molecular weight is 537 g/mol. The molecule has 0 unspecified atom stereocenters. The molecule has 192 valence electrons. The van der Waals surface area contributed by atoms with Gasteiger partial charge in [-0.3, -0.25) is 14.5 Å². The van der Waals surface area contributed by atoms with Gasteiger partial charge >= 0.3 is 0 Å². The molecule has 0 spiro atoms. The first-order chi connectivity index (χ1) is 17.5. The van der Waals surface area contributed by atoms with Gasteiger partial charge in [-0.05, 0) is 39.2 Å². The fourth-order valence-electron chi connectivity index (χ4n) is 4.07. The van der Waals surface area contributed by atoms with E-state index >= 15 is 0 Å². The summed E-state index contributed by atoms with van der Waals surface area (Å²) in [6, 6.07) is 19.8. The van der Waals surface area contributed by atoms with Crippen LogP contribution in [0.2, 0.25) is 0 Å². The van der Waals surface area contributed by atoms with Gasteiger partial charge in [-0.1, -0.05) is 53.8 Å². The van der Waals surface area contributed by atoms with Gasteiger partial charge in [-0.25, -0.2) is 4.98 Å². The third kappa shape index (κ3) is 5.93. The van der Waals surface area contributed by atoms with Crippen LogP contribution >= 0.6 is 11.3 Å². The molecule has 9 heteroatoms. The topological polar surface area (TPSA) is 72.0 Å². The number of aromatic nitrogens is 1. The number of hydrogen-bond donors (Lipinski definition) is 0. The molecule has 0 atom stereocenters. The standard InChI is InChI=1S/C28H27N3O4S.ClH/c1-30(2)13-6-14-31(28-29-22-17-23-24(18-25(22)36-28)35-16-15-34-23)27(33)21-11-9-20(10-12-21)26(32)19-7-4-3-5-8-19;/h3-5,7-12,17-18H,6,13-16H2,1-2H3;1H/p-1. The lowest BCUT2D eigenvalue weighted by atomic mass is 10.0. The molecule has 0 bridgehead atoms. The van der Waals surface area contributed by atoms with Crippen LogP contribution in [0.4, 0.5) is 5.13 Å². The van der Waals surface area contributed by atoms with Gasteiger partial charge in [0.15, 0.2) is 22.4 Å². The third-order valence-corrected chi connectivity index (χ3v) is 6.98. The summed E-state index contributed by atoms with van der Waals surface area (Å²) in [6.07, 6.45) is 0.794. The van der Waals surface area contributed by atoms with Crippen molar-refractivity contribution < 1.29 is 31.5 Å². The Kier molecular flexibility index (Phi) is 8.43. The molecule has 3 aromatic carbocycles. The quantitative estimate of drug-likeness (QED) is 0.320. The van der Waals surface area contributed by atoms with Crippen molar-refractivity contribution >= 4 is 38.4 Å². The molecule has 1 aliphatic rings. The Morgan fingerprint density at radius 3 is 2.16 bits per heavy atom. The first kappa shape index (κ1) is 26.6. The predicted molar refractivity (Wildman–Crippen MR) is 142 cm³/mol. The van der Waals surface area contributed by atoms with Crippen LogP contribution in [-0.4, -0.2) is 62.0 Å². The monoisotopic (exact) mass is 536 g/mol. The molecule has 0 saturated heterocycles. The molecule has 4 aromatic rings. The maximum Gasteiger partial charge on any atom is 0.260 e. The lowest BCUT2D eigenvalue weighted by molar-refractivity contribution is -0.0000224. The molecule has 7 nitrogen and oxygen atoms in total. The highest BCUT2D eigenvalue weighted by Crippen LogP contribution is 2.39. The summed E-state index contributed by atoms with van der Waals surface area (Å²) in [7, 11) is 4.02. The van der Waals surface area contributed by atoms with Crippen LogP contribution in [0.1, 0.15) is 32.7 Å². The highest BCUT2D eigenvalue weighted by molar-refractivity contribution is 7.22. The zero-order valence-electron chi connectivity index (χ0n) is 20.6. The van der Waals surface area contributed by atoms with Crippen molar-refractivity contribution in [3.63, 3.8) is 0 Å². The normalized spacial score (nSPS) is 12.3. The third-order valence-electron chi connectivity index (χ3n) is 5.93. The lowest BCUT2D eigenvalue weighted by Gasteiger charge is -2.21. The maximum atomic E-state index is 13.6. The van der Waals surface area contributed by atoms with E-state index in [1.165, 1.54) is 11.3 Å². The van der Waals surface area contributed by atoms with Crippen LogP contribution in [0.25, 0.3) is 10.2 Å². The number of ether oxygens (including phenoxy) is 2. The summed E-state index contributed by atoms with van der Waals surface area (Å²) >= 11 is 1.46. The van der Waals surface area contributed by atoms with Gasteiger partial charge in [0.25, 0.3) is 5.91 Å². The van der Waals surface area contributed by atoms with Gasteiger partial charge in [0.2, 0.25) is 0 Å². The number of nitrogens with zero attached hydrogens (tertiary/aromatic N) is 3. The van der Waals surface area contributed by atoms with Gasteiger partial charge < -0.3 is 26.8 Å². The van der Waals surface area contributed by atoms with E-state index in [1.54, 1.807) is 41.3 Å². The number of amides is 1. The zero-order chi connectivity index (χ0) is 25.1. The van der Waals surface area contributed by atoms with Gasteiger partial charge in [-0.15, -0.1) is 0 Å². The van der Waals surface area contributed by atoms with Crippen LogP contribution in [0.5, 0.6) is 11.5 Å². The predicted octanol–water partition coefficient (Wildman–Crippen LogP) is 1.90. The van der Waals surface area contributed by atoms with E-state index in [2.05, 4.69) is 4.90 Å². The van der Waals surface area contributed by atoms with E-state index in [-0.39, 0.29) is 24.1 Å². The minimum absolute atomic E-state index is 0. The van der Waals surface area contributed by atoms with Crippen molar-refractivity contribution in [2.75, 3.05) is 45.3 Å². The number of rotatable bonds is 8. The molecular formula is C28H27ClN3O4S-. The summed E-state index contributed by atoms with van der Waals surface area (Å²) < 4.78 is 12.3. The number of ketones is 1. The molecule has 37 heavy (non-hydrogen) atoms. The number of fused-ring (bicyclic) bond motifs is 2. The van der Waals surface area contributed by atoms with Gasteiger partial charge in [0.05, 0.1) is 10.2 Å². The fourth-order valence-corrected chi connectivity index (χ4v) is 5.07. The van der Waals surface area contributed by atoms with Gasteiger partial charge in [0, 0.05) is 35.4 Å². The minimum Gasteiger partial charge on any atom is -1.00 e. The Hall–Kier alpha value is -3.46. The number of hydrogen-bond acceptors (Lipinski definition) is 7. The van der Waals surface area contributed by atoms with E-state index in [0.29, 0.717) is 53.1 Å². The van der Waals surface area contributed by atoms with Crippen molar-refractivity contribution in [2.24, 2.45) is 0 Å². The number of carbonyl (C=O) groups is 2. The van der Waals surface area contributed by atoms with Crippen LogP contribution in [0.3, 0.4) is 0 Å². The van der Waals surface area contributed by atoms with E-state index in [1.807, 2.05) is 44.4 Å². The molecule has 0 fully saturated rings. The second kappa shape index (κ2) is 11.7. The number of thiazole rings is 1. The highest BCUT2D eigenvalue weighted by atomic mass is 35.5. The average Bonchev–Trinajstić information content (AvgIpc) is 3.31. The zero-order valence-corrected chi connectivity index (χ0v) is 22.2. The highest BCUT2D eigenvalue weighted by Gasteiger charge is 2.23. The van der Waals surface area contributed by atoms with E-state index in [9.17, 15) is 9.59 Å². The molecule has 1 aromatic heterocycles. The van der Waals surface area contributed by atoms with Gasteiger partial charge in [0.1, 0.15) is 13.2 Å². The van der Waals surface area contributed by atoms with Crippen molar-refractivity contribution in [1.82, 2.24) is 9.88 Å². The fraction of sp³-hybridized carbons (Fsp3) is 0.250. The molecule has 0 N–H and O–H groups in total. The summed E-state index contributed by atoms with van der Waals surface area (Å²) in [6.45, 7) is 2.39. The molecule has 5 rings (SSSR count). The molecule has 0 radical (unpaired) electrons. The minimum atomic E-state index is -0.149. The second-order valence-corrected chi connectivity index (χ2v) is 9.86. The van der Waals surface area contributed by atoms with Crippen molar-refractivity contribution in [3.05, 3.63) is 83.4 Å². The van der Waals surface area contributed by atoms with Crippen molar-refractivity contribution in [1.29, 1.82) is 0 Å². The first-order valence-corrected chi connectivity index (χ1v) is 12.7. The molecule has 0 aliphatic carbocycles. The van der Waals surface area contributed by atoms with Crippen LogP contribution in [0.15, 0.2) is 66.7 Å². The van der Waals surface area contributed by atoms with E-state index < -0.39 is 0 Å². The molecule has 0 saturated carbocycles. The maximum absolute atomic E-state index is 13.6. The summed E-state index contributed by atoms with van der Waals surface area (Å²) in [5.74, 6) is 1.16. The summed E-state index contributed by atoms with van der Waals surface area (Å²) in [5.41, 5.74) is 2.44. The van der Waals surface area contributed by atoms with Crippen molar-refractivity contribution in [3.8, 4) is 11.5 Å². The van der Waals surface area contributed by atoms with Gasteiger partial charge in [-0.2, -0.15) is 0 Å². The molecule has 1 amide bonds. The Bertz CT molecular complexity index is 1350. The number of halogens is 1. The Balaban J connectivity index is 0.00000320. The van der Waals surface area contributed by atoms with Crippen LogP contribution in [0, 0.1) is 0 Å². The Morgan fingerprint density at radius 1 is 0.865 bits per heavy atom. The Labute approximate surface area is 226 Å². The van der Waals surface area contributed by atoms with Crippen molar-refractivity contribution in [2.45, 2.75) is 6.42 Å². The lowest BCUT2D eigenvalue weighted by Crippen LogP contribution is -3.00. The molecule has 1 aliphatic heterocycles. The number of benzene rings is 3. The van der Waals surface area contributed by atoms with Crippen LogP contribution < -0.4 is 26.8 Å². The van der Waals surface area contributed by atoms with Crippen LogP contribution in [-0.2, 0) is 0 Å². The number of carbonyl (C=O) groups excluding carboxylic acids is 2. The second-order valence-electron chi connectivity index (χ2n) is 8.85. The Morgan fingerprint density at radius 2 is 1.49 bits per heavy atom. The largest absolute Gasteiger partial charge is 1.00 e. The smallest absolute Gasteiger partial charge is 0.260 e. The SMILES string of the molecule is CN(C)CCCN(C(=O)c1ccc(C(=O)c2ccccc2)cc1)c1nc2cc3c(cc2s1)OCCO3.[Cl-]. The van der Waals surface area contributed by atoms with E-state index in [4.69, 9.17) is 14.5 Å². The first-order valence-electron chi connectivity index (χ1n) is 11.9. The summed E-state index contributed by atoms with van der Waals surface area (Å²) in [5, 5.41) is 0.626. The number of anilines is 1.